The van der Waals surface area contributed by atoms with Gasteiger partial charge >= 0.3 is 6.18 Å². The van der Waals surface area contributed by atoms with E-state index in [1.165, 1.54) is 37.1 Å². The van der Waals surface area contributed by atoms with Gasteiger partial charge in [-0.3, -0.25) is 29.1 Å². The zero-order valence-corrected chi connectivity index (χ0v) is 25.8. The van der Waals surface area contributed by atoms with Crippen LogP contribution in [0.15, 0.2) is 43.0 Å². The summed E-state index contributed by atoms with van der Waals surface area (Å²) < 4.78 is 56.6. The highest BCUT2D eigenvalue weighted by Crippen LogP contribution is 2.41. The van der Waals surface area contributed by atoms with Crippen molar-refractivity contribution in [3.05, 3.63) is 60.1 Å². The second-order valence-corrected chi connectivity index (χ2v) is 12.5. The molecule has 0 saturated carbocycles. The van der Waals surface area contributed by atoms with Crippen molar-refractivity contribution >= 4 is 34.9 Å². The van der Waals surface area contributed by atoms with Gasteiger partial charge in [-0.15, -0.1) is 0 Å². The minimum Gasteiger partial charge on any atom is -0.366 e. The van der Waals surface area contributed by atoms with E-state index >= 15 is 4.39 Å². The number of halogens is 4. The van der Waals surface area contributed by atoms with Crippen LogP contribution in [0.25, 0.3) is 0 Å². The first kappa shape index (κ1) is 31.9. The minimum absolute atomic E-state index is 0.0569. The number of benzene rings is 1. The molecule has 4 aliphatic rings. The van der Waals surface area contributed by atoms with Crippen molar-refractivity contribution in [1.29, 1.82) is 0 Å². The molecule has 3 amide bonds. The Labute approximate surface area is 264 Å². The first-order chi connectivity index (χ1) is 21.8. The number of amides is 3. The molecule has 246 valence electrons. The summed E-state index contributed by atoms with van der Waals surface area (Å²) in [5.41, 5.74) is -0.297. The maximum absolute atomic E-state index is 15.5. The smallest absolute Gasteiger partial charge is 0.366 e. The van der Waals surface area contributed by atoms with Gasteiger partial charge in [-0.05, 0) is 37.3 Å². The van der Waals surface area contributed by atoms with Crippen LogP contribution in [0.4, 0.5) is 34.8 Å². The number of rotatable bonds is 6. The lowest BCUT2D eigenvalue weighted by atomic mass is 9.95. The van der Waals surface area contributed by atoms with Crippen molar-refractivity contribution in [3.8, 4) is 0 Å². The van der Waals surface area contributed by atoms with Gasteiger partial charge in [-0.25, -0.2) is 9.37 Å². The Balaban J connectivity index is 1.21. The van der Waals surface area contributed by atoms with Gasteiger partial charge in [-0.2, -0.15) is 13.2 Å². The van der Waals surface area contributed by atoms with Crippen LogP contribution in [0.3, 0.4) is 0 Å². The van der Waals surface area contributed by atoms with E-state index in [2.05, 4.69) is 21.4 Å². The molecule has 0 radical (unpaired) electrons. The standard InChI is InChI=1S/C32H37F4N7O3/c1-4-27(44)42-18-23(19-42)40-11-8-39(9-12-40)10-13-41-17-21-15-28(45)43(26-16-22(32(34,35)36)14-20(2)37-26)29(21)31(46)38(3)25-7-5-6-24(33)30(25)41/h4-7,14,16,21,23,29H,1,8-13,15,17-19H2,2-3H3/t21-,29+/m1/s1. The molecule has 2 atom stereocenters. The molecule has 10 nitrogen and oxygen atoms in total. The van der Waals surface area contributed by atoms with Crippen molar-refractivity contribution < 1.29 is 31.9 Å². The monoisotopic (exact) mass is 643 g/mol. The number of anilines is 3. The van der Waals surface area contributed by atoms with Crippen molar-refractivity contribution in [3.63, 3.8) is 0 Å². The highest BCUT2D eigenvalue weighted by atomic mass is 19.4. The second-order valence-electron chi connectivity index (χ2n) is 12.5. The molecule has 0 N–H and O–H groups in total. The summed E-state index contributed by atoms with van der Waals surface area (Å²) in [6.45, 7) is 10.8. The third kappa shape index (κ3) is 5.95. The Morgan fingerprint density at radius 2 is 1.78 bits per heavy atom. The predicted molar refractivity (Wildman–Crippen MR) is 164 cm³/mol. The highest BCUT2D eigenvalue weighted by Gasteiger charge is 2.49. The number of carbonyl (C=O) groups is 3. The van der Waals surface area contributed by atoms with Gasteiger partial charge in [0.25, 0.3) is 0 Å². The SMILES string of the molecule is C=CC(=O)N1CC(N2CCN(CCN3C[C@H]4CC(=O)N(c5cc(C(F)(F)F)cc(C)n5)[C@@H]4C(=O)N(C)c4cccc(F)c43)CC2)C1. The van der Waals surface area contributed by atoms with E-state index in [1.54, 1.807) is 11.0 Å². The molecule has 0 unspecified atom stereocenters. The fourth-order valence-corrected chi connectivity index (χ4v) is 7.08. The quantitative estimate of drug-likeness (QED) is 0.354. The molecule has 46 heavy (non-hydrogen) atoms. The van der Waals surface area contributed by atoms with Crippen molar-refractivity contribution in [2.75, 3.05) is 80.7 Å². The summed E-state index contributed by atoms with van der Waals surface area (Å²) in [6.07, 6.45) is -3.42. The number of aromatic nitrogens is 1. The third-order valence-corrected chi connectivity index (χ3v) is 9.58. The van der Waals surface area contributed by atoms with Crippen LogP contribution >= 0.6 is 0 Å². The Kier molecular flexibility index (Phi) is 8.53. The molecule has 4 aliphatic heterocycles. The largest absolute Gasteiger partial charge is 0.416 e. The number of likely N-dealkylation sites (tertiary alicyclic amines) is 1. The highest BCUT2D eigenvalue weighted by molar-refractivity contribution is 6.10. The van der Waals surface area contributed by atoms with Crippen molar-refractivity contribution in [2.24, 2.45) is 5.92 Å². The van der Waals surface area contributed by atoms with E-state index in [4.69, 9.17) is 0 Å². The van der Waals surface area contributed by atoms with Crippen LogP contribution in [-0.4, -0.2) is 115 Å². The maximum atomic E-state index is 15.5. The van der Waals surface area contributed by atoms with E-state index in [0.29, 0.717) is 37.9 Å². The number of para-hydroxylation sites is 1. The fourth-order valence-electron chi connectivity index (χ4n) is 7.08. The fraction of sp³-hybridized carbons (Fsp3) is 0.500. The minimum atomic E-state index is -4.66. The number of nitrogens with zero attached hydrogens (tertiary/aromatic N) is 7. The number of carbonyl (C=O) groups excluding carboxylic acids is 3. The zero-order chi connectivity index (χ0) is 32.9. The van der Waals surface area contributed by atoms with Crippen LogP contribution < -0.4 is 14.7 Å². The molecule has 3 saturated heterocycles. The first-order valence-corrected chi connectivity index (χ1v) is 15.4. The van der Waals surface area contributed by atoms with Crippen LogP contribution in [0.1, 0.15) is 17.7 Å². The molecule has 14 heteroatoms. The van der Waals surface area contributed by atoms with Crippen molar-refractivity contribution in [1.82, 2.24) is 19.7 Å². The lowest BCUT2D eigenvalue weighted by Crippen LogP contribution is -2.64. The average Bonchev–Trinajstić information content (AvgIpc) is 3.32. The maximum Gasteiger partial charge on any atom is 0.416 e. The molecule has 0 bridgehead atoms. The van der Waals surface area contributed by atoms with Crippen LogP contribution in [-0.2, 0) is 20.6 Å². The predicted octanol–water partition coefficient (Wildman–Crippen LogP) is 2.77. The lowest BCUT2D eigenvalue weighted by Gasteiger charge is -2.48. The third-order valence-electron chi connectivity index (χ3n) is 9.58. The Bertz CT molecular complexity index is 1540. The summed E-state index contributed by atoms with van der Waals surface area (Å²) in [5, 5.41) is 0. The summed E-state index contributed by atoms with van der Waals surface area (Å²) >= 11 is 0. The van der Waals surface area contributed by atoms with E-state index < -0.39 is 41.3 Å². The summed E-state index contributed by atoms with van der Waals surface area (Å²) in [7, 11) is 1.50. The van der Waals surface area contributed by atoms with E-state index in [-0.39, 0.29) is 36.1 Å². The molecule has 1 aromatic carbocycles. The van der Waals surface area contributed by atoms with E-state index in [0.717, 1.165) is 43.2 Å². The summed E-state index contributed by atoms with van der Waals surface area (Å²) in [4.78, 5) is 54.1. The van der Waals surface area contributed by atoms with Gasteiger partial charge in [0.15, 0.2) is 0 Å². The molecule has 1 aromatic heterocycles. The molecule has 3 fully saturated rings. The Hall–Kier alpha value is -4.04. The molecule has 5 heterocycles. The normalized spacial score (nSPS) is 23.2. The zero-order valence-electron chi connectivity index (χ0n) is 25.8. The Morgan fingerprint density at radius 3 is 2.46 bits per heavy atom. The molecular weight excluding hydrogens is 606 g/mol. The second kappa shape index (κ2) is 12.3. The summed E-state index contributed by atoms with van der Waals surface area (Å²) in [5.74, 6) is -2.41. The number of piperazine rings is 1. The van der Waals surface area contributed by atoms with Crippen molar-refractivity contribution in [2.45, 2.75) is 31.6 Å². The number of fused-ring (bicyclic) bond motifs is 2. The first-order valence-electron chi connectivity index (χ1n) is 15.4. The number of alkyl halides is 3. The molecule has 0 aliphatic carbocycles. The Morgan fingerprint density at radius 1 is 1.07 bits per heavy atom. The number of pyridine rings is 1. The van der Waals surface area contributed by atoms with Gasteiger partial charge in [0.05, 0.1) is 16.9 Å². The number of hydrogen-bond acceptors (Lipinski definition) is 7. The molecule has 0 spiro atoms. The van der Waals surface area contributed by atoms with Gasteiger partial charge in [0.2, 0.25) is 17.7 Å². The van der Waals surface area contributed by atoms with Crippen LogP contribution in [0.2, 0.25) is 0 Å². The topological polar surface area (TPSA) is 83.5 Å². The number of aryl methyl sites for hydroxylation is 1. The molecular formula is C32H37F4N7O3. The molecule has 6 rings (SSSR count). The van der Waals surface area contributed by atoms with Crippen LogP contribution in [0, 0.1) is 18.7 Å². The van der Waals surface area contributed by atoms with Gasteiger partial charge in [0, 0.05) is 90.0 Å². The van der Waals surface area contributed by atoms with E-state index in [1.807, 2.05) is 4.90 Å². The summed E-state index contributed by atoms with van der Waals surface area (Å²) in [6, 6.07) is 5.41. The number of likely N-dealkylation sites (N-methyl/N-ethyl adjacent to an activating group) is 1. The van der Waals surface area contributed by atoms with E-state index in [9.17, 15) is 27.6 Å². The van der Waals surface area contributed by atoms with Crippen LogP contribution in [0.5, 0.6) is 0 Å². The van der Waals surface area contributed by atoms with Gasteiger partial charge < -0.3 is 14.7 Å². The number of hydrogen-bond donors (Lipinski definition) is 0. The molecule has 2 aromatic rings. The van der Waals surface area contributed by atoms with Gasteiger partial charge in [-0.1, -0.05) is 12.6 Å². The lowest BCUT2D eigenvalue weighted by molar-refractivity contribution is -0.137. The van der Waals surface area contributed by atoms with Gasteiger partial charge in [0.1, 0.15) is 17.7 Å². The average molecular weight is 644 g/mol.